The average Bonchev–Trinajstić information content (AvgIpc) is 2.55. The second kappa shape index (κ2) is 6.70. The molecule has 1 aliphatic carbocycles. The topological polar surface area (TPSA) is 49.8 Å². The third kappa shape index (κ3) is 3.48. The van der Waals surface area contributed by atoms with Gasteiger partial charge in [0.2, 0.25) is 0 Å². The normalized spacial score (nSPS) is 29.4. The molecule has 1 saturated carbocycles. The summed E-state index contributed by atoms with van der Waals surface area (Å²) in [6, 6.07) is 7.69. The van der Waals surface area contributed by atoms with Crippen LogP contribution in [0, 0.1) is 0 Å². The van der Waals surface area contributed by atoms with Gasteiger partial charge in [0.1, 0.15) is 5.60 Å². The van der Waals surface area contributed by atoms with Crippen LogP contribution in [0.2, 0.25) is 5.02 Å². The van der Waals surface area contributed by atoms with Gasteiger partial charge in [-0.1, -0.05) is 30.7 Å². The molecule has 5 heteroatoms. The van der Waals surface area contributed by atoms with Gasteiger partial charge in [-0.2, -0.15) is 0 Å². The van der Waals surface area contributed by atoms with Crippen LogP contribution in [-0.2, 0) is 4.74 Å². The minimum absolute atomic E-state index is 0.0197. The quantitative estimate of drug-likeness (QED) is 0.894. The van der Waals surface area contributed by atoms with Gasteiger partial charge in [-0.25, -0.2) is 4.79 Å². The Bertz CT molecular complexity index is 552. The number of hydrogen-bond acceptors (Lipinski definition) is 3. The van der Waals surface area contributed by atoms with E-state index in [1.807, 2.05) is 29.2 Å². The number of nitrogens with zero attached hydrogens (tertiary/aromatic N) is 1. The Morgan fingerprint density at radius 3 is 2.52 bits per heavy atom. The Kier molecular flexibility index (Phi) is 4.83. The zero-order valence-corrected chi connectivity index (χ0v) is 14.3. The summed E-state index contributed by atoms with van der Waals surface area (Å²) in [5.74, 6) is 0. The molecule has 1 aliphatic heterocycles. The summed E-state index contributed by atoms with van der Waals surface area (Å²) < 4.78 is 5.85. The molecule has 2 fully saturated rings. The predicted molar refractivity (Wildman–Crippen MR) is 89.5 cm³/mol. The number of ether oxygens (including phenoxy) is 1. The molecule has 3 rings (SSSR count). The molecule has 1 N–H and O–H groups in total. The lowest BCUT2D eigenvalue weighted by Gasteiger charge is -2.46. The largest absolute Gasteiger partial charge is 0.443 e. The molecule has 0 aromatic heterocycles. The van der Waals surface area contributed by atoms with Crippen molar-refractivity contribution in [3.8, 4) is 0 Å². The van der Waals surface area contributed by atoms with Crippen LogP contribution >= 0.6 is 11.6 Å². The van der Waals surface area contributed by atoms with Crippen molar-refractivity contribution in [3.63, 3.8) is 0 Å². The summed E-state index contributed by atoms with van der Waals surface area (Å²) in [5, 5.41) is 10.4. The fourth-order valence-corrected chi connectivity index (χ4v) is 3.92. The number of carbonyl (C=O) groups excluding carboxylic acids is 1. The van der Waals surface area contributed by atoms with Crippen LogP contribution in [0.1, 0.15) is 57.1 Å². The molecule has 23 heavy (non-hydrogen) atoms. The molecule has 0 radical (unpaired) electrons. The van der Waals surface area contributed by atoms with Gasteiger partial charge in [0.05, 0.1) is 12.1 Å². The maximum Gasteiger partial charge on any atom is 0.410 e. The first kappa shape index (κ1) is 16.6. The van der Waals surface area contributed by atoms with Gasteiger partial charge in [0.25, 0.3) is 0 Å². The second-order valence-electron chi connectivity index (χ2n) is 6.70. The standard InChI is InChI=1S/C18H24ClNO3/c1-2-16(13-3-5-14(19)6-4-13)20-12-11-18(23-17(20)22)9-7-15(21)8-10-18/h3-6,15-16,21H,2,7-12H2,1H3/t15?,16-,18?/m0/s1. The zero-order chi connectivity index (χ0) is 16.4. The van der Waals surface area contributed by atoms with Crippen LogP contribution in [-0.4, -0.2) is 34.3 Å². The van der Waals surface area contributed by atoms with Crippen molar-refractivity contribution < 1.29 is 14.6 Å². The van der Waals surface area contributed by atoms with Gasteiger partial charge in [0.15, 0.2) is 0 Å². The van der Waals surface area contributed by atoms with Crippen LogP contribution < -0.4 is 0 Å². The molecule has 1 aromatic carbocycles. The van der Waals surface area contributed by atoms with Crippen molar-refractivity contribution in [1.29, 1.82) is 0 Å². The molecule has 1 atom stereocenters. The monoisotopic (exact) mass is 337 g/mol. The minimum atomic E-state index is -0.356. The number of aliphatic hydroxyl groups excluding tert-OH is 1. The van der Waals surface area contributed by atoms with Crippen LogP contribution in [0.15, 0.2) is 24.3 Å². The Morgan fingerprint density at radius 2 is 1.96 bits per heavy atom. The number of carbonyl (C=O) groups is 1. The highest BCUT2D eigenvalue weighted by atomic mass is 35.5. The second-order valence-corrected chi connectivity index (χ2v) is 7.14. The molecule has 1 amide bonds. The third-order valence-corrected chi connectivity index (χ3v) is 5.48. The van der Waals surface area contributed by atoms with E-state index in [4.69, 9.17) is 16.3 Å². The first-order valence-electron chi connectivity index (χ1n) is 8.46. The SMILES string of the molecule is CC[C@@H](c1ccc(Cl)cc1)N1CCC2(CCC(O)CC2)OC1=O. The Balaban J connectivity index is 1.72. The molecule has 126 valence electrons. The maximum atomic E-state index is 12.6. The predicted octanol–water partition coefficient (Wildman–Crippen LogP) is 4.31. The fraction of sp³-hybridized carbons (Fsp3) is 0.611. The summed E-state index contributed by atoms with van der Waals surface area (Å²) in [6.45, 7) is 2.78. The highest BCUT2D eigenvalue weighted by molar-refractivity contribution is 6.30. The Morgan fingerprint density at radius 1 is 1.30 bits per heavy atom. The summed E-state index contributed by atoms with van der Waals surface area (Å²) in [5.41, 5.74) is 0.731. The summed E-state index contributed by atoms with van der Waals surface area (Å²) >= 11 is 5.96. The van der Waals surface area contributed by atoms with Gasteiger partial charge < -0.3 is 14.7 Å². The van der Waals surface area contributed by atoms with Crippen LogP contribution in [0.3, 0.4) is 0 Å². The first-order chi connectivity index (χ1) is 11.0. The fourth-order valence-electron chi connectivity index (χ4n) is 3.80. The van der Waals surface area contributed by atoms with Crippen molar-refractivity contribution in [1.82, 2.24) is 4.90 Å². The summed E-state index contributed by atoms with van der Waals surface area (Å²) in [6.07, 6.45) is 4.20. The van der Waals surface area contributed by atoms with Crippen molar-refractivity contribution in [3.05, 3.63) is 34.9 Å². The summed E-state index contributed by atoms with van der Waals surface area (Å²) in [7, 11) is 0. The molecule has 1 aromatic rings. The molecular formula is C18H24ClNO3. The number of halogens is 1. The van der Waals surface area contributed by atoms with E-state index < -0.39 is 0 Å². The lowest BCUT2D eigenvalue weighted by atomic mass is 9.80. The molecule has 1 spiro atoms. The van der Waals surface area contributed by atoms with E-state index in [1.165, 1.54) is 0 Å². The molecule has 4 nitrogen and oxygen atoms in total. The number of hydrogen-bond donors (Lipinski definition) is 1. The van der Waals surface area contributed by atoms with E-state index in [0.717, 1.165) is 44.1 Å². The van der Waals surface area contributed by atoms with Gasteiger partial charge in [-0.05, 0) is 49.8 Å². The molecular weight excluding hydrogens is 314 g/mol. The Hall–Kier alpha value is -1.26. The molecule has 1 saturated heterocycles. The van der Waals surface area contributed by atoms with Crippen LogP contribution in [0.5, 0.6) is 0 Å². The lowest BCUT2D eigenvalue weighted by Crippen LogP contribution is -2.52. The van der Waals surface area contributed by atoms with Gasteiger partial charge >= 0.3 is 6.09 Å². The molecule has 2 aliphatic rings. The van der Waals surface area contributed by atoms with Gasteiger partial charge in [-0.15, -0.1) is 0 Å². The highest BCUT2D eigenvalue weighted by Gasteiger charge is 2.44. The van der Waals surface area contributed by atoms with Crippen molar-refractivity contribution >= 4 is 17.7 Å². The van der Waals surface area contributed by atoms with E-state index in [-0.39, 0.29) is 23.8 Å². The number of rotatable bonds is 3. The smallest absolute Gasteiger partial charge is 0.410 e. The highest BCUT2D eigenvalue weighted by Crippen LogP contribution is 2.40. The Labute approximate surface area is 142 Å². The number of amides is 1. The minimum Gasteiger partial charge on any atom is -0.443 e. The summed E-state index contributed by atoms with van der Waals surface area (Å²) in [4.78, 5) is 14.4. The first-order valence-corrected chi connectivity index (χ1v) is 8.84. The van der Waals surface area contributed by atoms with E-state index in [0.29, 0.717) is 11.6 Å². The van der Waals surface area contributed by atoms with Crippen molar-refractivity contribution in [2.45, 2.75) is 63.2 Å². The third-order valence-electron chi connectivity index (χ3n) is 5.23. The molecule has 0 unspecified atom stereocenters. The molecule has 0 bridgehead atoms. The van der Waals surface area contributed by atoms with Gasteiger partial charge in [-0.3, -0.25) is 0 Å². The van der Waals surface area contributed by atoms with E-state index in [1.54, 1.807) is 0 Å². The van der Waals surface area contributed by atoms with E-state index >= 15 is 0 Å². The van der Waals surface area contributed by atoms with E-state index in [2.05, 4.69) is 6.92 Å². The number of benzene rings is 1. The van der Waals surface area contributed by atoms with Crippen LogP contribution in [0.25, 0.3) is 0 Å². The number of aliphatic hydroxyl groups is 1. The lowest BCUT2D eigenvalue weighted by molar-refractivity contribution is -0.0920. The molecule has 1 heterocycles. The van der Waals surface area contributed by atoms with Crippen molar-refractivity contribution in [2.24, 2.45) is 0 Å². The zero-order valence-electron chi connectivity index (χ0n) is 13.5. The van der Waals surface area contributed by atoms with Crippen molar-refractivity contribution in [2.75, 3.05) is 6.54 Å². The van der Waals surface area contributed by atoms with E-state index in [9.17, 15) is 9.90 Å². The van der Waals surface area contributed by atoms with Gasteiger partial charge in [0, 0.05) is 18.0 Å². The van der Waals surface area contributed by atoms with Crippen LogP contribution in [0.4, 0.5) is 4.79 Å². The average molecular weight is 338 g/mol. The maximum absolute atomic E-state index is 12.6.